The molecule has 0 atom stereocenters. The number of hydrogen-bond acceptors (Lipinski definition) is 1. The number of unbranched alkanes of at least 4 members (excludes halogenated alkanes) is 3. The second-order valence-electron chi connectivity index (χ2n) is 4.64. The van der Waals surface area contributed by atoms with E-state index in [9.17, 15) is 0 Å². The maximum atomic E-state index is 8.56. The molecule has 1 fully saturated rings. The fourth-order valence-corrected chi connectivity index (χ4v) is 2.34. The molecule has 0 aromatic carbocycles. The van der Waals surface area contributed by atoms with Gasteiger partial charge in [-0.2, -0.15) is 0 Å². The van der Waals surface area contributed by atoms with Gasteiger partial charge in [-0.15, -0.1) is 0 Å². The summed E-state index contributed by atoms with van der Waals surface area (Å²) in [7, 11) is 0. The van der Waals surface area contributed by atoms with Gasteiger partial charge in [0.05, 0.1) is 0 Å². The highest BCUT2D eigenvalue weighted by atomic mass is 16.6. The Bertz CT molecular complexity index is 159. The van der Waals surface area contributed by atoms with Gasteiger partial charge in [0.1, 0.15) is 0 Å². The lowest BCUT2D eigenvalue weighted by atomic mass is 9.85. The molecule has 16 heavy (non-hydrogen) atoms. The first-order valence-corrected chi connectivity index (χ1v) is 6.58. The van der Waals surface area contributed by atoms with E-state index in [1.807, 2.05) is 0 Å². The Labute approximate surface area is 98.9 Å². The van der Waals surface area contributed by atoms with E-state index in [0.717, 1.165) is 5.92 Å². The zero-order valence-electron chi connectivity index (χ0n) is 10.5. The van der Waals surface area contributed by atoms with Crippen LogP contribution in [-0.2, 0) is 0 Å². The number of carbonyl (C=O) groups is 1. The highest BCUT2D eigenvalue weighted by molar-refractivity contribution is 5.53. The molecule has 1 aliphatic rings. The fourth-order valence-electron chi connectivity index (χ4n) is 2.34. The van der Waals surface area contributed by atoms with E-state index in [0.29, 0.717) is 0 Å². The maximum Gasteiger partial charge on any atom is 0.503 e. The second-order valence-corrected chi connectivity index (χ2v) is 4.64. The second kappa shape index (κ2) is 10.8. The predicted molar refractivity (Wildman–Crippen MR) is 66.0 cm³/mol. The van der Waals surface area contributed by atoms with Gasteiger partial charge in [0.2, 0.25) is 0 Å². The molecule has 0 spiro atoms. The fraction of sp³-hybridized carbons (Fsp3) is 0.923. The average molecular weight is 230 g/mol. The quantitative estimate of drug-likeness (QED) is 0.669. The molecular weight excluding hydrogens is 204 g/mol. The molecule has 0 aliphatic heterocycles. The van der Waals surface area contributed by atoms with Crippen molar-refractivity contribution in [2.75, 3.05) is 0 Å². The van der Waals surface area contributed by atoms with Gasteiger partial charge in [0, 0.05) is 0 Å². The first-order valence-electron chi connectivity index (χ1n) is 6.58. The van der Waals surface area contributed by atoms with Crippen molar-refractivity contribution in [2.45, 2.75) is 71.1 Å². The van der Waals surface area contributed by atoms with Crippen molar-refractivity contribution < 1.29 is 15.0 Å². The molecule has 2 N–H and O–H groups in total. The van der Waals surface area contributed by atoms with Crippen LogP contribution in [0.25, 0.3) is 0 Å². The molecule has 0 aromatic rings. The molecule has 0 unspecified atom stereocenters. The van der Waals surface area contributed by atoms with E-state index in [2.05, 4.69) is 6.92 Å². The van der Waals surface area contributed by atoms with Gasteiger partial charge in [0.25, 0.3) is 0 Å². The van der Waals surface area contributed by atoms with Crippen molar-refractivity contribution in [3.63, 3.8) is 0 Å². The van der Waals surface area contributed by atoms with E-state index in [1.165, 1.54) is 64.2 Å². The van der Waals surface area contributed by atoms with Crippen molar-refractivity contribution >= 4 is 6.16 Å². The van der Waals surface area contributed by atoms with Crippen LogP contribution in [0.3, 0.4) is 0 Å². The van der Waals surface area contributed by atoms with Crippen molar-refractivity contribution in [3.05, 3.63) is 0 Å². The van der Waals surface area contributed by atoms with Crippen LogP contribution in [0.4, 0.5) is 4.79 Å². The third-order valence-electron chi connectivity index (χ3n) is 3.19. The van der Waals surface area contributed by atoms with Gasteiger partial charge < -0.3 is 10.2 Å². The Hall–Kier alpha value is -0.730. The number of hydrogen-bond donors (Lipinski definition) is 2. The molecule has 0 radical (unpaired) electrons. The highest BCUT2D eigenvalue weighted by Crippen LogP contribution is 2.27. The summed E-state index contributed by atoms with van der Waals surface area (Å²) in [6.45, 7) is 2.29. The van der Waals surface area contributed by atoms with Gasteiger partial charge in [-0.05, 0) is 5.92 Å². The van der Waals surface area contributed by atoms with Crippen LogP contribution < -0.4 is 0 Å². The molecule has 1 saturated carbocycles. The van der Waals surface area contributed by atoms with Crippen molar-refractivity contribution in [2.24, 2.45) is 5.92 Å². The molecule has 0 aromatic heterocycles. The van der Waals surface area contributed by atoms with Crippen LogP contribution in [0.15, 0.2) is 0 Å². The summed E-state index contributed by atoms with van der Waals surface area (Å²) in [5, 5.41) is 13.9. The number of carboxylic acid groups (broad SMARTS) is 2. The molecule has 0 heterocycles. The molecule has 0 saturated heterocycles. The molecule has 1 aliphatic carbocycles. The van der Waals surface area contributed by atoms with Gasteiger partial charge in [-0.1, -0.05) is 71.1 Å². The minimum atomic E-state index is -1.83. The zero-order chi connectivity index (χ0) is 12.2. The first-order chi connectivity index (χ1) is 7.66. The normalized spacial score (nSPS) is 16.3. The summed E-state index contributed by atoms with van der Waals surface area (Å²) in [5.41, 5.74) is 0. The van der Waals surface area contributed by atoms with E-state index < -0.39 is 6.16 Å². The van der Waals surface area contributed by atoms with Crippen LogP contribution in [-0.4, -0.2) is 16.4 Å². The van der Waals surface area contributed by atoms with E-state index in [-0.39, 0.29) is 0 Å². The molecule has 96 valence electrons. The lowest BCUT2D eigenvalue weighted by Gasteiger charge is -2.21. The molecular formula is C13H26O3. The Balaban J connectivity index is 0.000000487. The van der Waals surface area contributed by atoms with Crippen LogP contribution in [0.2, 0.25) is 0 Å². The maximum absolute atomic E-state index is 8.56. The summed E-state index contributed by atoms with van der Waals surface area (Å²) in [6, 6.07) is 0. The lowest BCUT2D eigenvalue weighted by molar-refractivity contribution is 0.137. The molecule has 1 rings (SSSR count). The summed E-state index contributed by atoms with van der Waals surface area (Å²) < 4.78 is 0. The Morgan fingerprint density at radius 2 is 1.62 bits per heavy atom. The third-order valence-corrected chi connectivity index (χ3v) is 3.19. The predicted octanol–water partition coefficient (Wildman–Crippen LogP) is 4.76. The standard InChI is InChI=1S/C12H24.CH2O3/c1-2-3-4-6-9-12-10-7-5-8-11-12;2-1(3)4/h12H,2-11H2,1H3;(H2,2,3,4). The summed E-state index contributed by atoms with van der Waals surface area (Å²) >= 11 is 0. The Morgan fingerprint density at radius 1 is 1.06 bits per heavy atom. The monoisotopic (exact) mass is 230 g/mol. The van der Waals surface area contributed by atoms with Crippen LogP contribution >= 0.6 is 0 Å². The average Bonchev–Trinajstić information content (AvgIpc) is 2.25. The van der Waals surface area contributed by atoms with Gasteiger partial charge >= 0.3 is 6.16 Å². The molecule has 3 nitrogen and oxygen atoms in total. The van der Waals surface area contributed by atoms with Gasteiger partial charge in [-0.25, -0.2) is 4.79 Å². The van der Waals surface area contributed by atoms with Crippen LogP contribution in [0.5, 0.6) is 0 Å². The smallest absolute Gasteiger partial charge is 0.450 e. The minimum Gasteiger partial charge on any atom is -0.450 e. The zero-order valence-corrected chi connectivity index (χ0v) is 10.5. The van der Waals surface area contributed by atoms with E-state index in [4.69, 9.17) is 15.0 Å². The lowest BCUT2D eigenvalue weighted by Crippen LogP contribution is -2.05. The number of rotatable bonds is 5. The molecule has 3 heteroatoms. The van der Waals surface area contributed by atoms with E-state index >= 15 is 0 Å². The van der Waals surface area contributed by atoms with Gasteiger partial charge in [0.15, 0.2) is 0 Å². The van der Waals surface area contributed by atoms with Crippen LogP contribution in [0.1, 0.15) is 71.1 Å². The topological polar surface area (TPSA) is 57.5 Å². The highest BCUT2D eigenvalue weighted by Gasteiger charge is 2.11. The van der Waals surface area contributed by atoms with Crippen molar-refractivity contribution in [1.82, 2.24) is 0 Å². The Kier molecular flexibility index (Phi) is 10.3. The van der Waals surface area contributed by atoms with Crippen molar-refractivity contribution in [1.29, 1.82) is 0 Å². The largest absolute Gasteiger partial charge is 0.503 e. The first kappa shape index (κ1) is 15.3. The van der Waals surface area contributed by atoms with Crippen molar-refractivity contribution in [3.8, 4) is 0 Å². The Morgan fingerprint density at radius 3 is 2.12 bits per heavy atom. The molecule has 0 amide bonds. The summed E-state index contributed by atoms with van der Waals surface area (Å²) in [6.07, 6.45) is 13.1. The summed E-state index contributed by atoms with van der Waals surface area (Å²) in [4.78, 5) is 8.56. The third kappa shape index (κ3) is 11.3. The molecule has 0 bridgehead atoms. The van der Waals surface area contributed by atoms with Gasteiger partial charge in [-0.3, -0.25) is 0 Å². The van der Waals surface area contributed by atoms with Crippen LogP contribution in [0, 0.1) is 5.92 Å². The summed E-state index contributed by atoms with van der Waals surface area (Å²) in [5.74, 6) is 1.11. The van der Waals surface area contributed by atoms with E-state index in [1.54, 1.807) is 0 Å². The SMILES string of the molecule is CCCCCCC1CCCCC1.O=C(O)O. The minimum absolute atomic E-state index is 1.11.